The minimum absolute atomic E-state index is 0.0423. The van der Waals surface area contributed by atoms with E-state index < -0.39 is 17.8 Å². The van der Waals surface area contributed by atoms with Crippen LogP contribution >= 0.6 is 0 Å². The molecule has 1 heterocycles. The fraction of sp³-hybridized carbons (Fsp3) is 0.312. The number of halogens is 3. The molecule has 2 rings (SSSR count). The Balaban J connectivity index is 2.42. The minimum atomic E-state index is -4.43. The Hall–Kier alpha value is -1.88. The van der Waals surface area contributed by atoms with E-state index in [2.05, 4.69) is 4.98 Å². The van der Waals surface area contributed by atoms with Gasteiger partial charge in [-0.15, -0.1) is 0 Å². The Morgan fingerprint density at radius 3 is 2.38 bits per heavy atom. The summed E-state index contributed by atoms with van der Waals surface area (Å²) in [7, 11) is 0. The van der Waals surface area contributed by atoms with Crippen LogP contribution in [0.2, 0.25) is 0 Å². The Labute approximate surface area is 121 Å². The molecule has 0 fully saturated rings. The Morgan fingerprint density at radius 2 is 1.81 bits per heavy atom. The van der Waals surface area contributed by atoms with Gasteiger partial charge in [0.15, 0.2) is 0 Å². The topological polar surface area (TPSA) is 38.9 Å². The Kier molecular flexibility index (Phi) is 4.63. The molecule has 0 saturated carbocycles. The third kappa shape index (κ3) is 3.42. The maximum Gasteiger partial charge on any atom is 0.416 e. The fourth-order valence-electron chi connectivity index (χ4n) is 2.54. The van der Waals surface area contributed by atoms with E-state index in [0.717, 1.165) is 17.8 Å². The van der Waals surface area contributed by atoms with Gasteiger partial charge in [0, 0.05) is 24.4 Å². The molecule has 0 spiro atoms. The van der Waals surface area contributed by atoms with Crippen LogP contribution < -0.4 is 5.73 Å². The van der Waals surface area contributed by atoms with Crippen LogP contribution in [0.5, 0.6) is 0 Å². The van der Waals surface area contributed by atoms with Crippen molar-refractivity contribution in [2.75, 3.05) is 0 Å². The lowest BCUT2D eigenvalue weighted by Crippen LogP contribution is -2.23. The van der Waals surface area contributed by atoms with E-state index in [-0.39, 0.29) is 11.5 Å². The van der Waals surface area contributed by atoms with E-state index in [0.29, 0.717) is 6.42 Å². The Morgan fingerprint density at radius 1 is 1.14 bits per heavy atom. The van der Waals surface area contributed by atoms with E-state index in [1.807, 2.05) is 37.3 Å². The van der Waals surface area contributed by atoms with Crippen LogP contribution in [0.3, 0.4) is 0 Å². The summed E-state index contributed by atoms with van der Waals surface area (Å²) in [6.45, 7) is 1.92. The van der Waals surface area contributed by atoms with Gasteiger partial charge in [0.25, 0.3) is 0 Å². The number of hydrogen-bond acceptors (Lipinski definition) is 2. The first-order chi connectivity index (χ1) is 9.95. The predicted octanol–water partition coefficient (Wildman–Crippen LogP) is 4.29. The third-order valence-electron chi connectivity index (χ3n) is 3.62. The molecule has 2 aromatic rings. The maximum absolute atomic E-state index is 13.1. The van der Waals surface area contributed by atoms with Gasteiger partial charge in [-0.1, -0.05) is 37.3 Å². The summed E-state index contributed by atoms with van der Waals surface area (Å²) in [6, 6.07) is 9.59. The van der Waals surface area contributed by atoms with Gasteiger partial charge in [-0.25, -0.2) is 0 Å². The van der Waals surface area contributed by atoms with Crippen molar-refractivity contribution in [1.82, 2.24) is 4.98 Å². The van der Waals surface area contributed by atoms with Crippen molar-refractivity contribution in [1.29, 1.82) is 0 Å². The van der Waals surface area contributed by atoms with E-state index in [1.54, 1.807) is 0 Å². The standard InChI is InChI=1S/C16H17F3N2/c1-2-12(11-6-4-3-5-7-11)15(20)13-10-21-9-8-14(13)16(17,18)19/h3-10,12,15H,2,20H2,1H3. The van der Waals surface area contributed by atoms with Crippen molar-refractivity contribution in [2.24, 2.45) is 5.73 Å². The lowest BCUT2D eigenvalue weighted by molar-refractivity contribution is -0.138. The number of pyridine rings is 1. The third-order valence-corrected chi connectivity index (χ3v) is 3.62. The zero-order chi connectivity index (χ0) is 15.5. The summed E-state index contributed by atoms with van der Waals surface area (Å²) in [6.07, 6.45) is -1.41. The summed E-state index contributed by atoms with van der Waals surface area (Å²) in [5, 5.41) is 0. The van der Waals surface area contributed by atoms with E-state index in [4.69, 9.17) is 5.73 Å². The van der Waals surface area contributed by atoms with Crippen LogP contribution in [0.1, 0.15) is 42.0 Å². The number of benzene rings is 1. The molecule has 5 heteroatoms. The van der Waals surface area contributed by atoms with Crippen LogP contribution in [0.25, 0.3) is 0 Å². The van der Waals surface area contributed by atoms with E-state index >= 15 is 0 Å². The lowest BCUT2D eigenvalue weighted by atomic mass is 9.84. The van der Waals surface area contributed by atoms with Crippen molar-refractivity contribution in [3.05, 3.63) is 65.5 Å². The summed E-state index contributed by atoms with van der Waals surface area (Å²) in [4.78, 5) is 3.81. The number of nitrogens with two attached hydrogens (primary N) is 1. The predicted molar refractivity (Wildman–Crippen MR) is 75.6 cm³/mol. The normalized spacial score (nSPS) is 14.7. The van der Waals surface area contributed by atoms with Crippen LogP contribution in [0.4, 0.5) is 13.2 Å². The van der Waals surface area contributed by atoms with Crippen LogP contribution in [-0.4, -0.2) is 4.98 Å². The van der Waals surface area contributed by atoms with Crippen molar-refractivity contribution >= 4 is 0 Å². The highest BCUT2D eigenvalue weighted by Crippen LogP contribution is 2.38. The molecular weight excluding hydrogens is 277 g/mol. The molecular formula is C16H17F3N2. The molecule has 0 amide bonds. The highest BCUT2D eigenvalue weighted by atomic mass is 19.4. The first kappa shape index (κ1) is 15.5. The quantitative estimate of drug-likeness (QED) is 0.913. The number of aromatic nitrogens is 1. The van der Waals surface area contributed by atoms with Gasteiger partial charge in [0.05, 0.1) is 5.56 Å². The summed E-state index contributed by atoms with van der Waals surface area (Å²) >= 11 is 0. The highest BCUT2D eigenvalue weighted by molar-refractivity contribution is 5.33. The summed E-state index contributed by atoms with van der Waals surface area (Å²) < 4.78 is 39.3. The second-order valence-electron chi connectivity index (χ2n) is 4.91. The van der Waals surface area contributed by atoms with Gasteiger partial charge in [0.1, 0.15) is 0 Å². The number of alkyl halides is 3. The van der Waals surface area contributed by atoms with Crippen molar-refractivity contribution in [3.8, 4) is 0 Å². The van der Waals surface area contributed by atoms with Crippen LogP contribution in [0, 0.1) is 0 Å². The molecule has 112 valence electrons. The minimum Gasteiger partial charge on any atom is -0.323 e. The van der Waals surface area contributed by atoms with E-state index in [1.165, 1.54) is 6.20 Å². The molecule has 0 aliphatic carbocycles. The van der Waals surface area contributed by atoms with Crippen LogP contribution in [0.15, 0.2) is 48.8 Å². The monoisotopic (exact) mass is 294 g/mol. The SMILES string of the molecule is CCC(c1ccccc1)C(N)c1cnccc1C(F)(F)F. The average Bonchev–Trinajstić information content (AvgIpc) is 2.48. The molecule has 0 radical (unpaired) electrons. The van der Waals surface area contributed by atoms with E-state index in [9.17, 15) is 13.2 Å². The molecule has 0 bridgehead atoms. The summed E-state index contributed by atoms with van der Waals surface area (Å²) in [5.41, 5.74) is 6.41. The van der Waals surface area contributed by atoms with Crippen molar-refractivity contribution in [2.45, 2.75) is 31.5 Å². The van der Waals surface area contributed by atoms with Crippen molar-refractivity contribution < 1.29 is 13.2 Å². The maximum atomic E-state index is 13.1. The average molecular weight is 294 g/mol. The van der Waals surface area contributed by atoms with Gasteiger partial charge in [-0.3, -0.25) is 4.98 Å². The van der Waals surface area contributed by atoms with Gasteiger partial charge >= 0.3 is 6.18 Å². The molecule has 2 nitrogen and oxygen atoms in total. The van der Waals surface area contributed by atoms with Crippen molar-refractivity contribution in [3.63, 3.8) is 0 Å². The largest absolute Gasteiger partial charge is 0.416 e. The number of nitrogens with zero attached hydrogens (tertiary/aromatic N) is 1. The number of rotatable bonds is 4. The van der Waals surface area contributed by atoms with Crippen LogP contribution in [-0.2, 0) is 6.18 Å². The van der Waals surface area contributed by atoms with Gasteiger partial charge in [-0.2, -0.15) is 13.2 Å². The second-order valence-corrected chi connectivity index (χ2v) is 4.91. The number of hydrogen-bond donors (Lipinski definition) is 1. The fourth-order valence-corrected chi connectivity index (χ4v) is 2.54. The molecule has 1 aromatic heterocycles. The zero-order valence-electron chi connectivity index (χ0n) is 11.6. The lowest BCUT2D eigenvalue weighted by Gasteiger charge is -2.25. The van der Waals surface area contributed by atoms with Gasteiger partial charge < -0.3 is 5.73 Å². The molecule has 2 N–H and O–H groups in total. The molecule has 2 unspecified atom stereocenters. The molecule has 0 aliphatic rings. The molecule has 0 aliphatic heterocycles. The van der Waals surface area contributed by atoms with Gasteiger partial charge in [0.2, 0.25) is 0 Å². The van der Waals surface area contributed by atoms with Gasteiger partial charge in [-0.05, 0) is 23.6 Å². The second kappa shape index (κ2) is 6.26. The molecule has 1 aromatic carbocycles. The Bertz CT molecular complexity index is 582. The first-order valence-corrected chi connectivity index (χ1v) is 6.76. The summed E-state index contributed by atoms with van der Waals surface area (Å²) in [5.74, 6) is -0.184. The highest BCUT2D eigenvalue weighted by Gasteiger charge is 2.36. The molecule has 2 atom stereocenters. The molecule has 21 heavy (non-hydrogen) atoms. The molecule has 0 saturated heterocycles. The smallest absolute Gasteiger partial charge is 0.323 e. The zero-order valence-corrected chi connectivity index (χ0v) is 11.6. The first-order valence-electron chi connectivity index (χ1n) is 6.76.